The third kappa shape index (κ3) is 2.71. The van der Waals surface area contributed by atoms with Crippen LogP contribution in [-0.4, -0.2) is 19.1 Å². The SMILES string of the molecule is C=C1NC(=O)NC(c2cccc(Cl)c2)C1C(=O)OC. The lowest BCUT2D eigenvalue weighted by Gasteiger charge is -2.33. The number of amides is 2. The Hall–Kier alpha value is -2.01. The van der Waals surface area contributed by atoms with Gasteiger partial charge in [-0.1, -0.05) is 30.3 Å². The Kier molecular flexibility index (Phi) is 3.76. The molecule has 0 aromatic heterocycles. The van der Waals surface area contributed by atoms with Gasteiger partial charge in [0.15, 0.2) is 0 Å². The number of carbonyl (C=O) groups excluding carboxylic acids is 2. The Morgan fingerprint density at radius 3 is 2.84 bits per heavy atom. The minimum Gasteiger partial charge on any atom is -0.468 e. The van der Waals surface area contributed by atoms with Gasteiger partial charge in [-0.25, -0.2) is 4.79 Å². The Bertz CT molecular complexity index is 544. The van der Waals surface area contributed by atoms with Gasteiger partial charge in [0.1, 0.15) is 5.92 Å². The number of urea groups is 1. The van der Waals surface area contributed by atoms with E-state index in [1.165, 1.54) is 7.11 Å². The predicted octanol–water partition coefficient (Wildman–Crippen LogP) is 2.00. The van der Waals surface area contributed by atoms with Gasteiger partial charge in [0.25, 0.3) is 0 Å². The zero-order valence-corrected chi connectivity index (χ0v) is 11.0. The summed E-state index contributed by atoms with van der Waals surface area (Å²) in [5, 5.41) is 5.69. The maximum atomic E-state index is 11.8. The van der Waals surface area contributed by atoms with Crippen LogP contribution in [-0.2, 0) is 9.53 Å². The zero-order chi connectivity index (χ0) is 14.0. The van der Waals surface area contributed by atoms with Crippen molar-refractivity contribution in [1.82, 2.24) is 10.6 Å². The maximum absolute atomic E-state index is 11.8. The van der Waals surface area contributed by atoms with E-state index in [0.29, 0.717) is 10.7 Å². The molecule has 1 aromatic carbocycles. The Labute approximate surface area is 115 Å². The van der Waals surface area contributed by atoms with Gasteiger partial charge in [-0.2, -0.15) is 0 Å². The fourth-order valence-corrected chi connectivity index (χ4v) is 2.27. The second-order valence-corrected chi connectivity index (χ2v) is 4.59. The Morgan fingerprint density at radius 1 is 1.47 bits per heavy atom. The number of esters is 1. The summed E-state index contributed by atoms with van der Waals surface area (Å²) in [4.78, 5) is 23.4. The van der Waals surface area contributed by atoms with Crippen molar-refractivity contribution in [3.8, 4) is 0 Å². The van der Waals surface area contributed by atoms with Crippen molar-refractivity contribution in [2.75, 3.05) is 7.11 Å². The lowest BCUT2D eigenvalue weighted by Crippen LogP contribution is -2.51. The number of methoxy groups -OCH3 is 1. The average Bonchev–Trinajstić information content (AvgIpc) is 2.37. The summed E-state index contributed by atoms with van der Waals surface area (Å²) < 4.78 is 4.75. The highest BCUT2D eigenvalue weighted by atomic mass is 35.5. The number of carbonyl (C=O) groups is 2. The highest BCUT2D eigenvalue weighted by Gasteiger charge is 2.38. The van der Waals surface area contributed by atoms with Crippen LogP contribution in [0.2, 0.25) is 5.02 Å². The molecule has 0 aliphatic carbocycles. The van der Waals surface area contributed by atoms with Crippen LogP contribution in [0.4, 0.5) is 4.79 Å². The molecular weight excluding hydrogens is 268 g/mol. The largest absolute Gasteiger partial charge is 0.468 e. The van der Waals surface area contributed by atoms with E-state index >= 15 is 0 Å². The maximum Gasteiger partial charge on any atom is 0.319 e. The first kappa shape index (κ1) is 13.4. The van der Waals surface area contributed by atoms with E-state index in [9.17, 15) is 9.59 Å². The second-order valence-electron chi connectivity index (χ2n) is 4.16. The zero-order valence-electron chi connectivity index (χ0n) is 10.3. The van der Waals surface area contributed by atoms with Crippen molar-refractivity contribution < 1.29 is 14.3 Å². The molecule has 0 bridgehead atoms. The van der Waals surface area contributed by atoms with E-state index in [2.05, 4.69) is 17.2 Å². The van der Waals surface area contributed by atoms with Crippen LogP contribution in [0.15, 0.2) is 36.5 Å². The summed E-state index contributed by atoms with van der Waals surface area (Å²) in [5.74, 6) is -1.16. The molecule has 1 aliphatic rings. The van der Waals surface area contributed by atoms with Crippen LogP contribution in [0.1, 0.15) is 11.6 Å². The van der Waals surface area contributed by atoms with Crippen molar-refractivity contribution in [3.63, 3.8) is 0 Å². The number of ether oxygens (including phenoxy) is 1. The number of nitrogens with one attached hydrogen (secondary N) is 2. The molecule has 2 N–H and O–H groups in total. The van der Waals surface area contributed by atoms with Crippen molar-refractivity contribution in [3.05, 3.63) is 47.1 Å². The number of hydrogen-bond acceptors (Lipinski definition) is 3. The second kappa shape index (κ2) is 5.32. The minimum atomic E-state index is -0.693. The number of hydrogen-bond donors (Lipinski definition) is 2. The highest BCUT2D eigenvalue weighted by Crippen LogP contribution is 2.31. The summed E-state index contributed by atoms with van der Waals surface area (Å²) in [5.41, 5.74) is 1.03. The summed E-state index contributed by atoms with van der Waals surface area (Å²) in [7, 11) is 1.29. The molecule has 100 valence electrons. The molecule has 2 unspecified atom stereocenters. The van der Waals surface area contributed by atoms with Gasteiger partial charge in [0.05, 0.1) is 13.2 Å². The lowest BCUT2D eigenvalue weighted by molar-refractivity contribution is -0.145. The van der Waals surface area contributed by atoms with Crippen LogP contribution in [0.5, 0.6) is 0 Å². The summed E-state index contributed by atoms with van der Waals surface area (Å²) >= 11 is 5.93. The van der Waals surface area contributed by atoms with Crippen LogP contribution < -0.4 is 10.6 Å². The Morgan fingerprint density at radius 2 is 2.21 bits per heavy atom. The van der Waals surface area contributed by atoms with Crippen LogP contribution in [0.25, 0.3) is 0 Å². The van der Waals surface area contributed by atoms with Crippen molar-refractivity contribution in [1.29, 1.82) is 0 Å². The topological polar surface area (TPSA) is 67.4 Å². The van der Waals surface area contributed by atoms with E-state index in [1.54, 1.807) is 24.3 Å². The van der Waals surface area contributed by atoms with Crippen LogP contribution in [0, 0.1) is 5.92 Å². The molecule has 0 saturated carbocycles. The normalized spacial score (nSPS) is 22.4. The van der Waals surface area contributed by atoms with Crippen molar-refractivity contribution in [2.45, 2.75) is 6.04 Å². The average molecular weight is 281 g/mol. The number of halogens is 1. The molecule has 5 nitrogen and oxygen atoms in total. The molecule has 1 fully saturated rings. The molecule has 0 spiro atoms. The first-order chi connectivity index (χ1) is 9.02. The van der Waals surface area contributed by atoms with Gasteiger partial charge in [-0.3, -0.25) is 4.79 Å². The number of rotatable bonds is 2. The highest BCUT2D eigenvalue weighted by molar-refractivity contribution is 6.30. The lowest BCUT2D eigenvalue weighted by atomic mass is 9.89. The van der Waals surface area contributed by atoms with Gasteiger partial charge in [0.2, 0.25) is 0 Å². The predicted molar refractivity (Wildman–Crippen MR) is 70.5 cm³/mol. The monoisotopic (exact) mass is 280 g/mol. The Balaban J connectivity index is 2.40. The standard InChI is InChI=1S/C13H13ClN2O3/c1-7-10(12(17)19-2)11(16-13(18)15-7)8-4-3-5-9(14)6-8/h3-6,10-11H,1H2,2H3,(H2,15,16,18). The van der Waals surface area contributed by atoms with Gasteiger partial charge >= 0.3 is 12.0 Å². The van der Waals surface area contributed by atoms with Gasteiger partial charge in [-0.05, 0) is 17.7 Å². The molecule has 0 radical (unpaired) electrons. The van der Waals surface area contributed by atoms with E-state index < -0.39 is 24.0 Å². The molecule has 19 heavy (non-hydrogen) atoms. The summed E-state index contributed by atoms with van der Waals surface area (Å²) in [6, 6.07) is 5.99. The van der Waals surface area contributed by atoms with Crippen LogP contribution >= 0.6 is 11.6 Å². The smallest absolute Gasteiger partial charge is 0.319 e. The number of benzene rings is 1. The molecule has 1 heterocycles. The molecular formula is C13H13ClN2O3. The minimum absolute atomic E-state index is 0.306. The van der Waals surface area contributed by atoms with Crippen LogP contribution in [0.3, 0.4) is 0 Å². The van der Waals surface area contributed by atoms with E-state index in [4.69, 9.17) is 16.3 Å². The van der Waals surface area contributed by atoms with E-state index in [-0.39, 0.29) is 0 Å². The third-order valence-electron chi connectivity index (χ3n) is 2.93. The van der Waals surface area contributed by atoms with Crippen molar-refractivity contribution in [2.24, 2.45) is 5.92 Å². The summed E-state index contributed by atoms with van der Waals surface area (Å²) in [6.45, 7) is 3.71. The third-order valence-corrected chi connectivity index (χ3v) is 3.17. The van der Waals surface area contributed by atoms with Gasteiger partial charge < -0.3 is 15.4 Å². The van der Waals surface area contributed by atoms with Gasteiger partial charge in [-0.15, -0.1) is 0 Å². The van der Waals surface area contributed by atoms with E-state index in [0.717, 1.165) is 5.56 Å². The first-order valence-electron chi connectivity index (χ1n) is 5.62. The summed E-state index contributed by atoms with van der Waals surface area (Å²) in [6.07, 6.45) is 0. The van der Waals surface area contributed by atoms with Gasteiger partial charge in [0, 0.05) is 10.7 Å². The quantitative estimate of drug-likeness (QED) is 0.814. The van der Waals surface area contributed by atoms with Crippen molar-refractivity contribution >= 4 is 23.6 Å². The molecule has 1 aliphatic heterocycles. The van der Waals surface area contributed by atoms with E-state index in [1.807, 2.05) is 0 Å². The molecule has 2 atom stereocenters. The first-order valence-corrected chi connectivity index (χ1v) is 6.00. The molecule has 6 heteroatoms. The molecule has 1 saturated heterocycles. The fourth-order valence-electron chi connectivity index (χ4n) is 2.07. The molecule has 2 amide bonds. The molecule has 1 aromatic rings. The molecule has 2 rings (SSSR count). The fraction of sp³-hybridized carbons (Fsp3) is 0.231.